The van der Waals surface area contributed by atoms with Crippen molar-refractivity contribution in [2.45, 2.75) is 19.4 Å². The predicted octanol–water partition coefficient (Wildman–Crippen LogP) is 3.52. The molecule has 0 radical (unpaired) electrons. The third-order valence-corrected chi connectivity index (χ3v) is 2.99. The highest BCUT2D eigenvalue weighted by Gasteiger charge is 2.07. The van der Waals surface area contributed by atoms with Gasteiger partial charge in [-0.25, -0.2) is 13.2 Å². The molecule has 0 saturated carbocycles. The molecule has 6 heteroatoms. The standard InChI is InChI=1S/C12H15BrF3NO/c1-8(17-4-5-18-7-12(15)16)9-2-3-11(14)10(13)6-9/h2-3,6,8,12,17H,4-5,7H2,1H3. The quantitative estimate of drug-likeness (QED) is 0.774. The zero-order valence-electron chi connectivity index (χ0n) is 9.93. The Kier molecular flexibility index (Phi) is 6.67. The highest BCUT2D eigenvalue weighted by molar-refractivity contribution is 9.10. The Bertz CT molecular complexity index is 376. The van der Waals surface area contributed by atoms with Crippen LogP contribution in [0.2, 0.25) is 0 Å². The topological polar surface area (TPSA) is 21.3 Å². The first-order chi connectivity index (χ1) is 8.50. The lowest BCUT2D eigenvalue weighted by atomic mass is 10.1. The molecule has 1 unspecified atom stereocenters. The van der Waals surface area contributed by atoms with E-state index in [1.54, 1.807) is 12.1 Å². The smallest absolute Gasteiger partial charge is 0.261 e. The maximum atomic E-state index is 13.0. The Morgan fingerprint density at radius 1 is 1.39 bits per heavy atom. The molecule has 0 fully saturated rings. The number of nitrogens with one attached hydrogen (secondary N) is 1. The summed E-state index contributed by atoms with van der Waals surface area (Å²) in [5.74, 6) is -0.314. The van der Waals surface area contributed by atoms with E-state index in [1.807, 2.05) is 6.92 Å². The van der Waals surface area contributed by atoms with E-state index < -0.39 is 13.0 Å². The summed E-state index contributed by atoms with van der Waals surface area (Å²) in [5, 5.41) is 3.11. The number of halogens is 4. The highest BCUT2D eigenvalue weighted by atomic mass is 79.9. The van der Waals surface area contributed by atoms with Gasteiger partial charge in [-0.1, -0.05) is 6.07 Å². The minimum Gasteiger partial charge on any atom is -0.374 e. The van der Waals surface area contributed by atoms with Crippen molar-refractivity contribution in [3.05, 3.63) is 34.1 Å². The van der Waals surface area contributed by atoms with Crippen molar-refractivity contribution < 1.29 is 17.9 Å². The second-order valence-corrected chi connectivity index (χ2v) is 4.67. The molecule has 0 spiro atoms. The van der Waals surface area contributed by atoms with Gasteiger partial charge in [0.1, 0.15) is 12.4 Å². The maximum Gasteiger partial charge on any atom is 0.261 e. The largest absolute Gasteiger partial charge is 0.374 e. The molecule has 1 atom stereocenters. The highest BCUT2D eigenvalue weighted by Crippen LogP contribution is 2.20. The monoisotopic (exact) mass is 325 g/mol. The second-order valence-electron chi connectivity index (χ2n) is 3.82. The first kappa shape index (κ1) is 15.5. The summed E-state index contributed by atoms with van der Waals surface area (Å²) >= 11 is 3.11. The molecule has 0 aliphatic heterocycles. The molecule has 0 amide bonds. The van der Waals surface area contributed by atoms with Crippen molar-refractivity contribution in [2.75, 3.05) is 19.8 Å². The average Bonchev–Trinajstić information content (AvgIpc) is 2.31. The normalized spacial score (nSPS) is 13.0. The fraction of sp³-hybridized carbons (Fsp3) is 0.500. The number of rotatable bonds is 7. The van der Waals surface area contributed by atoms with Crippen LogP contribution in [0.15, 0.2) is 22.7 Å². The van der Waals surface area contributed by atoms with Crippen LogP contribution in [0.5, 0.6) is 0 Å². The summed E-state index contributed by atoms with van der Waals surface area (Å²) in [7, 11) is 0. The van der Waals surface area contributed by atoms with Crippen molar-refractivity contribution in [3.8, 4) is 0 Å². The van der Waals surface area contributed by atoms with Crippen molar-refractivity contribution in [2.24, 2.45) is 0 Å². The molecule has 1 aromatic carbocycles. The third kappa shape index (κ3) is 5.37. The molecule has 0 aliphatic carbocycles. The lowest BCUT2D eigenvalue weighted by molar-refractivity contribution is 0.0183. The average molecular weight is 326 g/mol. The van der Waals surface area contributed by atoms with Gasteiger partial charge in [-0.15, -0.1) is 0 Å². The number of alkyl halides is 2. The molecule has 102 valence electrons. The van der Waals surface area contributed by atoms with E-state index in [4.69, 9.17) is 4.74 Å². The maximum absolute atomic E-state index is 13.0. The van der Waals surface area contributed by atoms with E-state index in [0.29, 0.717) is 11.0 Å². The van der Waals surface area contributed by atoms with Gasteiger partial charge in [0, 0.05) is 12.6 Å². The lowest BCUT2D eigenvalue weighted by Crippen LogP contribution is -2.24. The Labute approximate surface area is 113 Å². The Morgan fingerprint density at radius 2 is 2.11 bits per heavy atom. The molecule has 1 aromatic rings. The fourth-order valence-electron chi connectivity index (χ4n) is 1.42. The molecule has 0 aromatic heterocycles. The molecule has 0 heterocycles. The van der Waals surface area contributed by atoms with E-state index in [2.05, 4.69) is 21.2 Å². The van der Waals surface area contributed by atoms with Gasteiger partial charge in [0.15, 0.2) is 0 Å². The van der Waals surface area contributed by atoms with Crippen LogP contribution in [-0.4, -0.2) is 26.2 Å². The van der Waals surface area contributed by atoms with Gasteiger partial charge < -0.3 is 10.1 Å². The van der Waals surface area contributed by atoms with Crippen LogP contribution in [0, 0.1) is 5.82 Å². The van der Waals surface area contributed by atoms with Crippen molar-refractivity contribution >= 4 is 15.9 Å². The van der Waals surface area contributed by atoms with E-state index >= 15 is 0 Å². The summed E-state index contributed by atoms with van der Waals surface area (Å²) < 4.78 is 41.7. The van der Waals surface area contributed by atoms with Crippen LogP contribution in [0.25, 0.3) is 0 Å². The summed E-state index contributed by atoms with van der Waals surface area (Å²) in [6.45, 7) is 2.05. The zero-order valence-corrected chi connectivity index (χ0v) is 11.5. The Hall–Kier alpha value is -0.590. The molecule has 0 saturated heterocycles. The van der Waals surface area contributed by atoms with Gasteiger partial charge in [0.05, 0.1) is 11.1 Å². The number of ether oxygens (including phenoxy) is 1. The van der Waals surface area contributed by atoms with E-state index in [-0.39, 0.29) is 18.5 Å². The van der Waals surface area contributed by atoms with Gasteiger partial charge in [-0.2, -0.15) is 0 Å². The van der Waals surface area contributed by atoms with Crippen LogP contribution in [0.3, 0.4) is 0 Å². The zero-order chi connectivity index (χ0) is 13.5. The molecule has 0 bridgehead atoms. The lowest BCUT2D eigenvalue weighted by Gasteiger charge is -2.14. The van der Waals surface area contributed by atoms with Gasteiger partial charge >= 0.3 is 0 Å². The molecular weight excluding hydrogens is 311 g/mol. The molecule has 1 N–H and O–H groups in total. The minimum absolute atomic E-state index is 0.00273. The van der Waals surface area contributed by atoms with Crippen molar-refractivity contribution in [1.82, 2.24) is 5.32 Å². The first-order valence-corrected chi connectivity index (χ1v) is 6.34. The SMILES string of the molecule is CC(NCCOCC(F)F)c1ccc(F)c(Br)c1. The number of benzene rings is 1. The first-order valence-electron chi connectivity index (χ1n) is 5.55. The fourth-order valence-corrected chi connectivity index (χ4v) is 1.82. The number of hydrogen-bond acceptors (Lipinski definition) is 2. The van der Waals surface area contributed by atoms with Gasteiger partial charge in [0.2, 0.25) is 0 Å². The van der Waals surface area contributed by atoms with Crippen LogP contribution in [0.1, 0.15) is 18.5 Å². The Morgan fingerprint density at radius 3 is 2.72 bits per heavy atom. The summed E-state index contributed by atoms with van der Waals surface area (Å²) in [4.78, 5) is 0. The molecular formula is C12H15BrF3NO. The number of hydrogen-bond donors (Lipinski definition) is 1. The summed E-state index contributed by atoms with van der Waals surface area (Å²) in [5.41, 5.74) is 0.914. The van der Waals surface area contributed by atoms with Crippen LogP contribution in [-0.2, 0) is 4.74 Å². The van der Waals surface area contributed by atoms with E-state index in [0.717, 1.165) is 5.56 Å². The van der Waals surface area contributed by atoms with Gasteiger partial charge in [-0.05, 0) is 40.5 Å². The Balaban J connectivity index is 2.31. The third-order valence-electron chi connectivity index (χ3n) is 2.38. The van der Waals surface area contributed by atoms with Gasteiger partial charge in [0.25, 0.3) is 6.43 Å². The van der Waals surface area contributed by atoms with Crippen LogP contribution >= 0.6 is 15.9 Å². The van der Waals surface area contributed by atoms with Crippen LogP contribution < -0.4 is 5.32 Å². The summed E-state index contributed by atoms with van der Waals surface area (Å²) in [6.07, 6.45) is -2.43. The molecule has 1 rings (SSSR count). The predicted molar refractivity (Wildman–Crippen MR) is 67.3 cm³/mol. The molecule has 18 heavy (non-hydrogen) atoms. The minimum atomic E-state index is -2.43. The second kappa shape index (κ2) is 7.76. The van der Waals surface area contributed by atoms with E-state index in [1.165, 1.54) is 6.07 Å². The van der Waals surface area contributed by atoms with Crippen molar-refractivity contribution in [3.63, 3.8) is 0 Å². The molecule has 0 aliphatic rings. The molecule has 2 nitrogen and oxygen atoms in total. The van der Waals surface area contributed by atoms with E-state index in [9.17, 15) is 13.2 Å². The van der Waals surface area contributed by atoms with Gasteiger partial charge in [-0.3, -0.25) is 0 Å². The van der Waals surface area contributed by atoms with Crippen molar-refractivity contribution in [1.29, 1.82) is 0 Å². The van der Waals surface area contributed by atoms with Crippen LogP contribution in [0.4, 0.5) is 13.2 Å². The summed E-state index contributed by atoms with van der Waals surface area (Å²) in [6, 6.07) is 4.74.